The highest BCUT2D eigenvalue weighted by molar-refractivity contribution is 5.99. The smallest absolute Gasteiger partial charge is 0.255 e. The van der Waals surface area contributed by atoms with Gasteiger partial charge in [0.25, 0.3) is 5.91 Å². The molecular formula is C20H24N6O2. The van der Waals surface area contributed by atoms with Crippen LogP contribution in [0.25, 0.3) is 10.9 Å². The lowest BCUT2D eigenvalue weighted by Crippen LogP contribution is -2.41. The highest BCUT2D eigenvalue weighted by atomic mass is 16.5. The van der Waals surface area contributed by atoms with Crippen LogP contribution in [0.2, 0.25) is 0 Å². The second-order valence-electron chi connectivity index (χ2n) is 6.86. The van der Waals surface area contributed by atoms with Crippen LogP contribution >= 0.6 is 0 Å². The number of ether oxygens (including phenoxy) is 1. The van der Waals surface area contributed by atoms with E-state index in [9.17, 15) is 4.79 Å². The largest absolute Gasteiger partial charge is 0.379 e. The number of benzene rings is 1. The Bertz CT molecular complexity index is 964. The molecule has 1 saturated heterocycles. The van der Waals surface area contributed by atoms with E-state index in [0.29, 0.717) is 17.9 Å². The first-order valence-electron chi connectivity index (χ1n) is 9.45. The third kappa shape index (κ3) is 4.29. The van der Waals surface area contributed by atoms with Crippen molar-refractivity contribution in [2.45, 2.75) is 6.92 Å². The molecule has 0 atom stereocenters. The summed E-state index contributed by atoms with van der Waals surface area (Å²) in [6, 6.07) is 9.52. The Morgan fingerprint density at radius 2 is 2.11 bits per heavy atom. The van der Waals surface area contributed by atoms with Crippen molar-refractivity contribution in [2.24, 2.45) is 0 Å². The lowest BCUT2D eigenvalue weighted by Gasteiger charge is -2.26. The number of rotatable bonds is 6. The summed E-state index contributed by atoms with van der Waals surface area (Å²) < 4.78 is 5.35. The molecule has 146 valence electrons. The second kappa shape index (κ2) is 8.37. The summed E-state index contributed by atoms with van der Waals surface area (Å²) in [4.78, 5) is 19.5. The van der Waals surface area contributed by atoms with Crippen molar-refractivity contribution in [2.75, 3.05) is 44.7 Å². The summed E-state index contributed by atoms with van der Waals surface area (Å²) in [5.74, 6) is 0.411. The van der Waals surface area contributed by atoms with Gasteiger partial charge in [0.1, 0.15) is 5.82 Å². The molecule has 4 rings (SSSR count). The van der Waals surface area contributed by atoms with E-state index < -0.39 is 0 Å². The molecule has 3 N–H and O–H groups in total. The average molecular weight is 380 g/mol. The van der Waals surface area contributed by atoms with E-state index in [4.69, 9.17) is 4.74 Å². The van der Waals surface area contributed by atoms with Gasteiger partial charge in [0.2, 0.25) is 0 Å². The zero-order valence-electron chi connectivity index (χ0n) is 15.9. The molecule has 0 radical (unpaired) electrons. The Balaban J connectivity index is 1.45. The lowest BCUT2D eigenvalue weighted by atomic mass is 10.2. The van der Waals surface area contributed by atoms with Gasteiger partial charge in [-0.2, -0.15) is 5.10 Å². The fourth-order valence-electron chi connectivity index (χ4n) is 3.23. The van der Waals surface area contributed by atoms with Gasteiger partial charge in [0.15, 0.2) is 0 Å². The molecule has 28 heavy (non-hydrogen) atoms. The molecular weight excluding hydrogens is 356 g/mol. The zero-order valence-corrected chi connectivity index (χ0v) is 15.9. The Hall–Kier alpha value is -2.97. The molecule has 0 aliphatic carbocycles. The Kier molecular flexibility index (Phi) is 5.50. The Morgan fingerprint density at radius 1 is 1.25 bits per heavy atom. The van der Waals surface area contributed by atoms with Crippen LogP contribution in [0.4, 0.5) is 11.5 Å². The Labute approximate surface area is 163 Å². The standard InChI is InChI=1S/C20H24N6O2/c1-14-2-5-17(20(27)21-6-7-26-8-10-28-11-9-26)19(23-14)24-16-4-3-15-13-22-25-18(15)12-16/h2-5,12-13H,6-11H2,1H3,(H,21,27)(H,22,25)(H,23,24). The van der Waals surface area contributed by atoms with Gasteiger partial charge in [-0.05, 0) is 37.3 Å². The van der Waals surface area contributed by atoms with Gasteiger partial charge in [0.05, 0.1) is 30.5 Å². The van der Waals surface area contributed by atoms with Gasteiger partial charge in [-0.25, -0.2) is 4.98 Å². The topological polar surface area (TPSA) is 95.2 Å². The number of carbonyl (C=O) groups is 1. The number of morpholine rings is 1. The molecule has 3 heterocycles. The molecule has 0 bridgehead atoms. The number of pyridine rings is 1. The number of aryl methyl sites for hydroxylation is 1. The first-order valence-corrected chi connectivity index (χ1v) is 9.45. The minimum atomic E-state index is -0.133. The van der Waals surface area contributed by atoms with Crippen LogP contribution in [0, 0.1) is 6.92 Å². The SMILES string of the molecule is Cc1ccc(C(=O)NCCN2CCOCC2)c(Nc2ccc3cn[nH]c3c2)n1. The van der Waals surface area contributed by atoms with Gasteiger partial charge in [-0.15, -0.1) is 0 Å². The van der Waals surface area contributed by atoms with Crippen molar-refractivity contribution in [1.82, 2.24) is 25.4 Å². The van der Waals surface area contributed by atoms with Gasteiger partial charge in [-0.3, -0.25) is 14.8 Å². The van der Waals surface area contributed by atoms with E-state index in [0.717, 1.165) is 55.1 Å². The van der Waals surface area contributed by atoms with E-state index in [2.05, 4.69) is 30.7 Å². The zero-order chi connectivity index (χ0) is 19.3. The number of anilines is 2. The number of hydrogen-bond acceptors (Lipinski definition) is 6. The fraction of sp³-hybridized carbons (Fsp3) is 0.350. The van der Waals surface area contributed by atoms with Crippen molar-refractivity contribution >= 4 is 28.3 Å². The molecule has 0 unspecified atom stereocenters. The number of nitrogens with zero attached hydrogens (tertiary/aromatic N) is 3. The van der Waals surface area contributed by atoms with E-state index in [-0.39, 0.29) is 5.91 Å². The Morgan fingerprint density at radius 3 is 2.96 bits per heavy atom. The third-order valence-corrected chi connectivity index (χ3v) is 4.80. The van der Waals surface area contributed by atoms with Crippen molar-refractivity contribution in [1.29, 1.82) is 0 Å². The maximum atomic E-state index is 12.7. The highest BCUT2D eigenvalue weighted by Gasteiger charge is 2.15. The number of aromatic amines is 1. The molecule has 8 heteroatoms. The van der Waals surface area contributed by atoms with E-state index >= 15 is 0 Å². The highest BCUT2D eigenvalue weighted by Crippen LogP contribution is 2.22. The minimum absolute atomic E-state index is 0.133. The van der Waals surface area contributed by atoms with Crippen LogP contribution in [0.5, 0.6) is 0 Å². The van der Waals surface area contributed by atoms with E-state index in [1.165, 1.54) is 0 Å². The van der Waals surface area contributed by atoms with Crippen molar-refractivity contribution in [3.63, 3.8) is 0 Å². The molecule has 1 aliphatic heterocycles. The van der Waals surface area contributed by atoms with Crippen LogP contribution in [0.15, 0.2) is 36.5 Å². The predicted octanol–water partition coefficient (Wildman–Crippen LogP) is 2.07. The lowest BCUT2D eigenvalue weighted by molar-refractivity contribution is 0.0383. The van der Waals surface area contributed by atoms with Gasteiger partial charge < -0.3 is 15.4 Å². The first-order chi connectivity index (χ1) is 13.7. The minimum Gasteiger partial charge on any atom is -0.379 e. The molecule has 3 aromatic rings. The molecule has 0 saturated carbocycles. The van der Waals surface area contributed by atoms with Crippen LogP contribution in [-0.4, -0.2) is 65.4 Å². The molecule has 1 aliphatic rings. The van der Waals surface area contributed by atoms with Crippen molar-refractivity contribution in [3.8, 4) is 0 Å². The summed E-state index contributed by atoms with van der Waals surface area (Å²) in [6.45, 7) is 6.63. The van der Waals surface area contributed by atoms with Crippen LogP contribution in [-0.2, 0) is 4.74 Å². The summed E-state index contributed by atoms with van der Waals surface area (Å²) >= 11 is 0. The molecule has 8 nitrogen and oxygen atoms in total. The maximum Gasteiger partial charge on any atom is 0.255 e. The van der Waals surface area contributed by atoms with Crippen LogP contribution in [0.1, 0.15) is 16.1 Å². The summed E-state index contributed by atoms with van der Waals surface area (Å²) in [5, 5.41) is 14.3. The van der Waals surface area contributed by atoms with E-state index in [1.54, 1.807) is 6.20 Å². The molecule has 1 aromatic carbocycles. The number of amides is 1. The number of aromatic nitrogens is 3. The van der Waals surface area contributed by atoms with Gasteiger partial charge in [-0.1, -0.05) is 0 Å². The van der Waals surface area contributed by atoms with Crippen molar-refractivity contribution < 1.29 is 9.53 Å². The summed E-state index contributed by atoms with van der Waals surface area (Å²) in [6.07, 6.45) is 1.78. The predicted molar refractivity (Wildman–Crippen MR) is 108 cm³/mol. The summed E-state index contributed by atoms with van der Waals surface area (Å²) in [7, 11) is 0. The first kappa shape index (κ1) is 18.4. The van der Waals surface area contributed by atoms with E-state index in [1.807, 2.05) is 37.3 Å². The monoisotopic (exact) mass is 380 g/mol. The van der Waals surface area contributed by atoms with Crippen LogP contribution in [0.3, 0.4) is 0 Å². The fourth-order valence-corrected chi connectivity index (χ4v) is 3.23. The maximum absolute atomic E-state index is 12.7. The molecule has 2 aromatic heterocycles. The number of nitrogens with one attached hydrogen (secondary N) is 3. The van der Waals surface area contributed by atoms with Gasteiger partial charge in [0, 0.05) is 42.9 Å². The molecule has 1 amide bonds. The van der Waals surface area contributed by atoms with Crippen molar-refractivity contribution in [3.05, 3.63) is 47.8 Å². The van der Waals surface area contributed by atoms with Gasteiger partial charge >= 0.3 is 0 Å². The third-order valence-electron chi connectivity index (χ3n) is 4.80. The summed E-state index contributed by atoms with van der Waals surface area (Å²) in [5.41, 5.74) is 3.14. The number of hydrogen-bond donors (Lipinski definition) is 3. The second-order valence-corrected chi connectivity index (χ2v) is 6.86. The molecule has 1 fully saturated rings. The number of carbonyl (C=O) groups excluding carboxylic acids is 1. The quantitative estimate of drug-likeness (QED) is 0.606. The van der Waals surface area contributed by atoms with Crippen LogP contribution < -0.4 is 10.6 Å². The average Bonchev–Trinajstić information content (AvgIpc) is 3.17. The number of fused-ring (bicyclic) bond motifs is 1. The molecule has 0 spiro atoms. The number of H-pyrrole nitrogens is 1. The normalized spacial score (nSPS) is 14.9.